The molecule has 1 aromatic rings. The molecular formula is C10H13N3O3. The highest BCUT2D eigenvalue weighted by Crippen LogP contribution is 2.17. The van der Waals surface area contributed by atoms with Gasteiger partial charge in [0.25, 0.3) is 0 Å². The molecule has 1 saturated heterocycles. The Balaban J connectivity index is 2.13. The molecule has 2 heterocycles. The number of carboxylic acids is 1. The number of anilines is 1. The van der Waals surface area contributed by atoms with E-state index in [0.717, 1.165) is 0 Å². The first-order valence-electron chi connectivity index (χ1n) is 5.09. The number of ether oxygens (including phenoxy) is 1. The number of aromatic nitrogens is 2. The highest BCUT2D eigenvalue weighted by Gasteiger charge is 2.26. The lowest BCUT2D eigenvalue weighted by Gasteiger charge is -2.35. The third kappa shape index (κ3) is 2.46. The van der Waals surface area contributed by atoms with E-state index in [1.807, 2.05) is 4.90 Å². The molecular weight excluding hydrogens is 210 g/mol. The van der Waals surface area contributed by atoms with E-state index in [0.29, 0.717) is 25.6 Å². The third-order valence-corrected chi connectivity index (χ3v) is 2.48. The van der Waals surface area contributed by atoms with E-state index < -0.39 is 5.97 Å². The van der Waals surface area contributed by atoms with Crippen molar-refractivity contribution >= 4 is 11.8 Å². The number of nitrogens with zero attached hydrogens (tertiary/aromatic N) is 3. The van der Waals surface area contributed by atoms with Crippen molar-refractivity contribution in [2.24, 2.45) is 0 Å². The SMILES string of the molecule is O=C(O)CC1COCCN1c1cnccn1. The fourth-order valence-electron chi connectivity index (χ4n) is 1.77. The first kappa shape index (κ1) is 10.8. The van der Waals surface area contributed by atoms with Crippen LogP contribution in [0.4, 0.5) is 5.82 Å². The number of carboxylic acid groups (broad SMARTS) is 1. The Hall–Kier alpha value is -1.69. The predicted octanol–water partition coefficient (Wildman–Crippen LogP) is 0.156. The van der Waals surface area contributed by atoms with Crippen LogP contribution in [-0.4, -0.2) is 46.8 Å². The molecule has 1 atom stereocenters. The second kappa shape index (κ2) is 4.89. The van der Waals surface area contributed by atoms with Gasteiger partial charge in [-0.25, -0.2) is 4.98 Å². The molecule has 0 amide bonds. The minimum Gasteiger partial charge on any atom is -0.481 e. The van der Waals surface area contributed by atoms with Gasteiger partial charge in [0.2, 0.25) is 0 Å². The van der Waals surface area contributed by atoms with Crippen molar-refractivity contribution in [3.63, 3.8) is 0 Å². The molecule has 1 aliphatic rings. The Kier molecular flexibility index (Phi) is 3.31. The van der Waals surface area contributed by atoms with Crippen LogP contribution in [0.3, 0.4) is 0 Å². The van der Waals surface area contributed by atoms with Crippen LogP contribution in [0.1, 0.15) is 6.42 Å². The molecule has 2 rings (SSSR count). The van der Waals surface area contributed by atoms with E-state index in [-0.39, 0.29) is 12.5 Å². The molecule has 6 heteroatoms. The van der Waals surface area contributed by atoms with Gasteiger partial charge in [0.05, 0.1) is 31.9 Å². The summed E-state index contributed by atoms with van der Waals surface area (Å²) in [4.78, 5) is 20.8. The average molecular weight is 223 g/mol. The number of hydrogen-bond acceptors (Lipinski definition) is 5. The van der Waals surface area contributed by atoms with Crippen LogP contribution >= 0.6 is 0 Å². The quantitative estimate of drug-likeness (QED) is 0.786. The summed E-state index contributed by atoms with van der Waals surface area (Å²) < 4.78 is 5.28. The van der Waals surface area contributed by atoms with Gasteiger partial charge in [-0.05, 0) is 0 Å². The zero-order valence-corrected chi connectivity index (χ0v) is 8.74. The summed E-state index contributed by atoms with van der Waals surface area (Å²) in [5.41, 5.74) is 0. The Morgan fingerprint density at radius 1 is 1.62 bits per heavy atom. The Labute approximate surface area is 92.9 Å². The van der Waals surface area contributed by atoms with Crippen LogP contribution in [0.15, 0.2) is 18.6 Å². The van der Waals surface area contributed by atoms with Crippen LogP contribution in [0.5, 0.6) is 0 Å². The number of hydrogen-bond donors (Lipinski definition) is 1. The minimum atomic E-state index is -0.829. The van der Waals surface area contributed by atoms with Gasteiger partial charge in [-0.15, -0.1) is 0 Å². The number of morpholine rings is 1. The molecule has 0 aliphatic carbocycles. The summed E-state index contributed by atoms with van der Waals surface area (Å²) in [5, 5.41) is 8.81. The molecule has 16 heavy (non-hydrogen) atoms. The van der Waals surface area contributed by atoms with E-state index >= 15 is 0 Å². The fraction of sp³-hybridized carbons (Fsp3) is 0.500. The molecule has 1 fully saturated rings. The number of aliphatic carboxylic acids is 1. The summed E-state index contributed by atoms with van der Waals surface area (Å²) in [7, 11) is 0. The topological polar surface area (TPSA) is 75.6 Å². The van der Waals surface area contributed by atoms with E-state index in [1.54, 1.807) is 18.6 Å². The predicted molar refractivity (Wildman–Crippen MR) is 56.2 cm³/mol. The Morgan fingerprint density at radius 2 is 2.50 bits per heavy atom. The standard InChI is InChI=1S/C10H13N3O3/c14-10(15)5-8-7-16-4-3-13(8)9-6-11-1-2-12-9/h1-2,6,8H,3-5,7H2,(H,14,15). The highest BCUT2D eigenvalue weighted by molar-refractivity contribution is 5.68. The van der Waals surface area contributed by atoms with E-state index in [2.05, 4.69) is 9.97 Å². The van der Waals surface area contributed by atoms with E-state index in [4.69, 9.17) is 9.84 Å². The lowest BCUT2D eigenvalue weighted by molar-refractivity contribution is -0.138. The molecule has 1 unspecified atom stereocenters. The Morgan fingerprint density at radius 3 is 3.19 bits per heavy atom. The number of rotatable bonds is 3. The normalized spacial score (nSPS) is 20.8. The second-order valence-electron chi connectivity index (χ2n) is 3.58. The van der Waals surface area contributed by atoms with Crippen molar-refractivity contribution in [1.82, 2.24) is 9.97 Å². The summed E-state index contributed by atoms with van der Waals surface area (Å²) >= 11 is 0. The molecule has 0 aromatic carbocycles. The first-order valence-corrected chi connectivity index (χ1v) is 5.09. The van der Waals surface area contributed by atoms with Gasteiger partial charge in [0, 0.05) is 18.9 Å². The molecule has 1 aliphatic heterocycles. The maximum Gasteiger partial charge on any atom is 0.305 e. The zero-order valence-electron chi connectivity index (χ0n) is 8.74. The van der Waals surface area contributed by atoms with Crippen molar-refractivity contribution in [2.45, 2.75) is 12.5 Å². The molecule has 6 nitrogen and oxygen atoms in total. The molecule has 1 aromatic heterocycles. The molecule has 0 radical (unpaired) electrons. The second-order valence-corrected chi connectivity index (χ2v) is 3.58. The maximum atomic E-state index is 10.7. The summed E-state index contributed by atoms with van der Waals surface area (Å²) in [6.45, 7) is 1.66. The lowest BCUT2D eigenvalue weighted by atomic mass is 10.1. The van der Waals surface area contributed by atoms with Crippen LogP contribution in [0, 0.1) is 0 Å². The fourth-order valence-corrected chi connectivity index (χ4v) is 1.77. The molecule has 1 N–H and O–H groups in total. The van der Waals surface area contributed by atoms with Gasteiger partial charge in [-0.3, -0.25) is 9.78 Å². The number of carbonyl (C=O) groups is 1. The van der Waals surface area contributed by atoms with Crippen LogP contribution < -0.4 is 4.90 Å². The Bertz CT molecular complexity index is 358. The van der Waals surface area contributed by atoms with E-state index in [9.17, 15) is 4.79 Å². The highest BCUT2D eigenvalue weighted by atomic mass is 16.5. The lowest BCUT2D eigenvalue weighted by Crippen LogP contribution is -2.47. The van der Waals surface area contributed by atoms with Gasteiger partial charge in [0.15, 0.2) is 0 Å². The van der Waals surface area contributed by atoms with Crippen molar-refractivity contribution in [2.75, 3.05) is 24.7 Å². The minimum absolute atomic E-state index is 0.0522. The van der Waals surface area contributed by atoms with Gasteiger partial charge >= 0.3 is 5.97 Å². The molecule has 0 saturated carbocycles. The van der Waals surface area contributed by atoms with Crippen molar-refractivity contribution in [3.8, 4) is 0 Å². The summed E-state index contributed by atoms with van der Waals surface area (Å²) in [5.74, 6) is -0.124. The van der Waals surface area contributed by atoms with Crippen molar-refractivity contribution in [1.29, 1.82) is 0 Å². The smallest absolute Gasteiger partial charge is 0.305 e. The van der Waals surface area contributed by atoms with Gasteiger partial charge in [0.1, 0.15) is 5.82 Å². The van der Waals surface area contributed by atoms with E-state index in [1.165, 1.54) is 0 Å². The van der Waals surface area contributed by atoms with Crippen LogP contribution in [0.25, 0.3) is 0 Å². The maximum absolute atomic E-state index is 10.7. The molecule has 0 bridgehead atoms. The monoisotopic (exact) mass is 223 g/mol. The first-order chi connectivity index (χ1) is 7.77. The third-order valence-electron chi connectivity index (χ3n) is 2.48. The van der Waals surface area contributed by atoms with Crippen LogP contribution in [0.2, 0.25) is 0 Å². The van der Waals surface area contributed by atoms with Gasteiger partial charge < -0.3 is 14.7 Å². The molecule has 0 spiro atoms. The summed E-state index contributed by atoms with van der Waals surface area (Å²) in [6, 6.07) is -0.164. The molecule has 86 valence electrons. The van der Waals surface area contributed by atoms with Crippen molar-refractivity contribution < 1.29 is 14.6 Å². The largest absolute Gasteiger partial charge is 0.481 e. The van der Waals surface area contributed by atoms with Gasteiger partial charge in [-0.1, -0.05) is 0 Å². The average Bonchev–Trinajstić information content (AvgIpc) is 2.30. The van der Waals surface area contributed by atoms with Gasteiger partial charge in [-0.2, -0.15) is 0 Å². The zero-order chi connectivity index (χ0) is 11.4. The summed E-state index contributed by atoms with van der Waals surface area (Å²) in [6.07, 6.45) is 4.88. The van der Waals surface area contributed by atoms with Crippen molar-refractivity contribution in [3.05, 3.63) is 18.6 Å². The van der Waals surface area contributed by atoms with Crippen LogP contribution in [-0.2, 0) is 9.53 Å².